The molecule has 0 fully saturated rings. The Morgan fingerprint density at radius 3 is 2.80 bits per heavy atom. The van der Waals surface area contributed by atoms with E-state index in [4.69, 9.17) is 21.1 Å². The summed E-state index contributed by atoms with van der Waals surface area (Å²) in [4.78, 5) is 0. The summed E-state index contributed by atoms with van der Waals surface area (Å²) in [5, 5.41) is 3.60. The van der Waals surface area contributed by atoms with Crippen molar-refractivity contribution in [3.05, 3.63) is 58.4 Å². The minimum atomic E-state index is -0.296. The zero-order valence-corrected chi connectivity index (χ0v) is 11.4. The van der Waals surface area contributed by atoms with Gasteiger partial charge in [-0.1, -0.05) is 23.7 Å². The summed E-state index contributed by atoms with van der Waals surface area (Å²) in [5.74, 6) is 1.20. The van der Waals surface area contributed by atoms with Gasteiger partial charge in [-0.15, -0.1) is 0 Å². The van der Waals surface area contributed by atoms with E-state index in [0.29, 0.717) is 23.7 Å². The van der Waals surface area contributed by atoms with Gasteiger partial charge >= 0.3 is 0 Å². The van der Waals surface area contributed by atoms with Gasteiger partial charge in [-0.25, -0.2) is 4.39 Å². The summed E-state index contributed by atoms with van der Waals surface area (Å²) in [5.41, 5.74) is 1.52. The van der Waals surface area contributed by atoms with Crippen molar-refractivity contribution in [1.82, 2.24) is 5.32 Å². The number of fused-ring (bicyclic) bond motifs is 1. The molecule has 0 unspecified atom stereocenters. The molecule has 2 aromatic carbocycles. The molecule has 3 nitrogen and oxygen atoms in total. The molecule has 0 amide bonds. The predicted molar refractivity (Wildman–Crippen MR) is 74.5 cm³/mol. The molecule has 0 aliphatic carbocycles. The van der Waals surface area contributed by atoms with Crippen LogP contribution in [0, 0.1) is 5.82 Å². The fourth-order valence-corrected chi connectivity index (χ4v) is 2.31. The summed E-state index contributed by atoms with van der Waals surface area (Å²) < 4.78 is 24.2. The van der Waals surface area contributed by atoms with Crippen LogP contribution in [0.15, 0.2) is 36.4 Å². The smallest absolute Gasteiger partial charge is 0.231 e. The molecule has 1 aliphatic heterocycles. The maximum absolute atomic E-state index is 13.6. The highest BCUT2D eigenvalue weighted by molar-refractivity contribution is 6.31. The lowest BCUT2D eigenvalue weighted by atomic mass is 10.2. The van der Waals surface area contributed by atoms with Crippen molar-refractivity contribution in [2.45, 2.75) is 13.1 Å². The van der Waals surface area contributed by atoms with Crippen molar-refractivity contribution in [1.29, 1.82) is 0 Å². The van der Waals surface area contributed by atoms with E-state index in [1.54, 1.807) is 12.1 Å². The summed E-state index contributed by atoms with van der Waals surface area (Å²) >= 11 is 5.97. The molecule has 104 valence electrons. The Labute approximate surface area is 121 Å². The van der Waals surface area contributed by atoms with E-state index >= 15 is 0 Å². The van der Waals surface area contributed by atoms with Crippen LogP contribution in [0.1, 0.15) is 11.1 Å². The fourth-order valence-electron chi connectivity index (χ4n) is 2.08. The molecule has 0 atom stereocenters. The van der Waals surface area contributed by atoms with Crippen LogP contribution in [0.4, 0.5) is 4.39 Å². The van der Waals surface area contributed by atoms with Gasteiger partial charge in [0, 0.05) is 23.7 Å². The molecule has 3 rings (SSSR count). The van der Waals surface area contributed by atoms with Crippen LogP contribution >= 0.6 is 11.6 Å². The van der Waals surface area contributed by atoms with Crippen LogP contribution < -0.4 is 14.8 Å². The van der Waals surface area contributed by atoms with E-state index in [1.807, 2.05) is 18.2 Å². The number of ether oxygens (including phenoxy) is 2. The number of hydrogen-bond donors (Lipinski definition) is 1. The van der Waals surface area contributed by atoms with Crippen LogP contribution in [0.5, 0.6) is 11.5 Å². The predicted octanol–water partition coefficient (Wildman–Crippen LogP) is 3.50. The monoisotopic (exact) mass is 293 g/mol. The van der Waals surface area contributed by atoms with Gasteiger partial charge in [-0.05, 0) is 29.8 Å². The molecule has 0 saturated heterocycles. The number of hydrogen-bond acceptors (Lipinski definition) is 3. The van der Waals surface area contributed by atoms with Crippen LogP contribution in [0.3, 0.4) is 0 Å². The fraction of sp³-hybridized carbons (Fsp3) is 0.200. The Morgan fingerprint density at radius 1 is 1.10 bits per heavy atom. The molecular formula is C15H13ClFNO2. The molecular weight excluding hydrogens is 281 g/mol. The molecule has 1 aliphatic rings. The minimum Gasteiger partial charge on any atom is -0.454 e. The van der Waals surface area contributed by atoms with Crippen LogP contribution in [0.2, 0.25) is 5.02 Å². The molecule has 5 heteroatoms. The van der Waals surface area contributed by atoms with Gasteiger partial charge in [-0.3, -0.25) is 0 Å². The van der Waals surface area contributed by atoms with E-state index in [1.165, 1.54) is 6.07 Å². The van der Waals surface area contributed by atoms with Gasteiger partial charge in [0.25, 0.3) is 0 Å². The van der Waals surface area contributed by atoms with E-state index in [0.717, 1.165) is 17.1 Å². The Morgan fingerprint density at radius 2 is 1.95 bits per heavy atom. The Kier molecular flexibility index (Phi) is 3.76. The maximum Gasteiger partial charge on any atom is 0.231 e. The first-order valence-corrected chi connectivity index (χ1v) is 6.64. The van der Waals surface area contributed by atoms with Gasteiger partial charge < -0.3 is 14.8 Å². The lowest BCUT2D eigenvalue weighted by Crippen LogP contribution is -2.14. The Balaban J connectivity index is 1.63. The first-order chi connectivity index (χ1) is 9.74. The highest BCUT2D eigenvalue weighted by Gasteiger charge is 2.13. The highest BCUT2D eigenvalue weighted by Crippen LogP contribution is 2.32. The summed E-state index contributed by atoms with van der Waals surface area (Å²) in [6.07, 6.45) is 0. The van der Waals surface area contributed by atoms with Gasteiger partial charge in [0.1, 0.15) is 5.82 Å². The van der Waals surface area contributed by atoms with Gasteiger partial charge in [0.2, 0.25) is 6.79 Å². The SMILES string of the molecule is Fc1cccc(Cl)c1CNCc1ccc2c(c1)OCO2. The Bertz CT molecular complexity index is 613. The first-order valence-electron chi connectivity index (χ1n) is 6.26. The second-order valence-corrected chi connectivity index (χ2v) is 4.90. The summed E-state index contributed by atoms with van der Waals surface area (Å²) in [6, 6.07) is 10.4. The van der Waals surface area contributed by atoms with E-state index in [2.05, 4.69) is 5.32 Å². The number of rotatable bonds is 4. The number of benzene rings is 2. The maximum atomic E-state index is 13.6. The van der Waals surface area contributed by atoms with Crippen molar-refractivity contribution in [2.24, 2.45) is 0 Å². The van der Waals surface area contributed by atoms with Crippen molar-refractivity contribution >= 4 is 11.6 Å². The number of halogens is 2. The van der Waals surface area contributed by atoms with Gasteiger partial charge in [0.15, 0.2) is 11.5 Å². The van der Waals surface area contributed by atoms with E-state index in [-0.39, 0.29) is 12.6 Å². The zero-order chi connectivity index (χ0) is 13.9. The lowest BCUT2D eigenvalue weighted by molar-refractivity contribution is 0.174. The third-order valence-corrected chi connectivity index (χ3v) is 3.48. The third kappa shape index (κ3) is 2.71. The van der Waals surface area contributed by atoms with Crippen molar-refractivity contribution < 1.29 is 13.9 Å². The average Bonchev–Trinajstić information content (AvgIpc) is 2.89. The Hall–Kier alpha value is -1.78. The highest BCUT2D eigenvalue weighted by atomic mass is 35.5. The number of nitrogens with one attached hydrogen (secondary N) is 1. The van der Waals surface area contributed by atoms with E-state index < -0.39 is 0 Å². The quantitative estimate of drug-likeness (QED) is 0.936. The topological polar surface area (TPSA) is 30.5 Å². The minimum absolute atomic E-state index is 0.261. The van der Waals surface area contributed by atoms with Crippen LogP contribution in [0.25, 0.3) is 0 Å². The lowest BCUT2D eigenvalue weighted by Gasteiger charge is -2.08. The van der Waals surface area contributed by atoms with E-state index in [9.17, 15) is 4.39 Å². The molecule has 0 aromatic heterocycles. The average molecular weight is 294 g/mol. The second-order valence-electron chi connectivity index (χ2n) is 4.49. The molecule has 0 spiro atoms. The standard InChI is InChI=1S/C15H13ClFNO2/c16-12-2-1-3-13(17)11(12)8-18-7-10-4-5-14-15(6-10)20-9-19-14/h1-6,18H,7-9H2. The molecule has 0 bridgehead atoms. The van der Waals surface area contributed by atoms with Crippen molar-refractivity contribution in [3.63, 3.8) is 0 Å². The van der Waals surface area contributed by atoms with Gasteiger partial charge in [-0.2, -0.15) is 0 Å². The van der Waals surface area contributed by atoms with Crippen molar-refractivity contribution in [2.75, 3.05) is 6.79 Å². The summed E-state index contributed by atoms with van der Waals surface area (Å²) in [6.45, 7) is 1.23. The molecule has 1 N–H and O–H groups in total. The summed E-state index contributed by atoms with van der Waals surface area (Å²) in [7, 11) is 0. The van der Waals surface area contributed by atoms with Crippen LogP contribution in [-0.4, -0.2) is 6.79 Å². The largest absolute Gasteiger partial charge is 0.454 e. The molecule has 1 heterocycles. The van der Waals surface area contributed by atoms with Crippen molar-refractivity contribution in [3.8, 4) is 11.5 Å². The second kappa shape index (κ2) is 5.69. The molecule has 2 aromatic rings. The first kappa shape index (κ1) is 13.2. The zero-order valence-electron chi connectivity index (χ0n) is 10.7. The third-order valence-electron chi connectivity index (χ3n) is 3.13. The molecule has 0 radical (unpaired) electrons. The van der Waals surface area contributed by atoms with Crippen LogP contribution in [-0.2, 0) is 13.1 Å². The molecule has 0 saturated carbocycles. The molecule has 20 heavy (non-hydrogen) atoms. The van der Waals surface area contributed by atoms with Gasteiger partial charge in [0.05, 0.1) is 0 Å². The normalized spacial score (nSPS) is 12.7.